The Morgan fingerprint density at radius 1 is 1.43 bits per heavy atom. The van der Waals surface area contributed by atoms with Crippen molar-refractivity contribution in [2.24, 2.45) is 0 Å². The van der Waals surface area contributed by atoms with Crippen molar-refractivity contribution in [3.05, 3.63) is 34.9 Å². The molecule has 7 heteroatoms. The number of carbonyl (C=O) groups excluding carboxylic acids is 1. The molecular weight excluding hydrogens is 326 g/mol. The van der Waals surface area contributed by atoms with Gasteiger partial charge in [0, 0.05) is 17.2 Å². The van der Waals surface area contributed by atoms with Gasteiger partial charge < -0.3 is 5.32 Å². The van der Waals surface area contributed by atoms with Crippen molar-refractivity contribution in [1.82, 2.24) is 10.2 Å². The van der Waals surface area contributed by atoms with Crippen LogP contribution >= 0.6 is 34.7 Å². The maximum Gasteiger partial charge on any atom is 0.226 e. The number of benzene rings is 1. The molecule has 0 spiro atoms. The molecule has 112 valence electrons. The van der Waals surface area contributed by atoms with Crippen LogP contribution in [0.3, 0.4) is 0 Å². The minimum atomic E-state index is -0.000564. The zero-order valence-corrected chi connectivity index (χ0v) is 14.0. The molecule has 2 rings (SSSR count). The van der Waals surface area contributed by atoms with E-state index >= 15 is 0 Å². The van der Waals surface area contributed by atoms with Crippen molar-refractivity contribution >= 4 is 45.7 Å². The molecule has 0 atom stereocenters. The van der Waals surface area contributed by atoms with E-state index < -0.39 is 0 Å². The predicted molar refractivity (Wildman–Crippen MR) is 89.1 cm³/mol. The Morgan fingerprint density at radius 2 is 2.29 bits per heavy atom. The molecular formula is C14H16ClN3OS2. The van der Waals surface area contributed by atoms with Crippen LogP contribution in [0.25, 0.3) is 0 Å². The maximum absolute atomic E-state index is 11.6. The zero-order chi connectivity index (χ0) is 15.1. The van der Waals surface area contributed by atoms with Gasteiger partial charge in [0.1, 0.15) is 0 Å². The SMILES string of the molecule is CCCCC(=O)Nc1nnc(SCc2cccc(Cl)c2)s1. The number of nitrogens with zero attached hydrogens (tertiary/aromatic N) is 2. The van der Waals surface area contributed by atoms with Gasteiger partial charge in [-0.15, -0.1) is 10.2 Å². The Labute approximate surface area is 137 Å². The van der Waals surface area contributed by atoms with Crippen molar-refractivity contribution in [2.75, 3.05) is 5.32 Å². The summed E-state index contributed by atoms with van der Waals surface area (Å²) in [5, 5.41) is 12.1. The van der Waals surface area contributed by atoms with E-state index in [2.05, 4.69) is 22.4 Å². The number of thioether (sulfide) groups is 1. The predicted octanol–water partition coefficient (Wildman–Crippen LogP) is 4.61. The fourth-order valence-corrected chi connectivity index (χ4v) is 3.53. The van der Waals surface area contributed by atoms with Crippen molar-refractivity contribution in [2.45, 2.75) is 36.3 Å². The van der Waals surface area contributed by atoms with E-state index in [1.807, 2.05) is 24.3 Å². The third-order valence-corrected chi connectivity index (χ3v) is 4.94. The Bertz CT molecular complexity index is 603. The van der Waals surface area contributed by atoms with Crippen LogP contribution in [0.2, 0.25) is 5.02 Å². The van der Waals surface area contributed by atoms with E-state index in [4.69, 9.17) is 11.6 Å². The van der Waals surface area contributed by atoms with Gasteiger partial charge in [-0.2, -0.15) is 0 Å². The Morgan fingerprint density at radius 3 is 3.05 bits per heavy atom. The molecule has 0 fully saturated rings. The number of amides is 1. The van der Waals surface area contributed by atoms with Gasteiger partial charge in [-0.05, 0) is 24.1 Å². The molecule has 1 heterocycles. The van der Waals surface area contributed by atoms with Gasteiger partial charge in [0.05, 0.1) is 0 Å². The minimum absolute atomic E-state index is 0.000564. The first-order chi connectivity index (χ1) is 10.2. The van der Waals surface area contributed by atoms with Crippen LogP contribution in [0.1, 0.15) is 31.7 Å². The Balaban J connectivity index is 1.84. The summed E-state index contributed by atoms with van der Waals surface area (Å²) >= 11 is 8.92. The van der Waals surface area contributed by atoms with Crippen LogP contribution in [0, 0.1) is 0 Å². The number of carbonyl (C=O) groups is 1. The fourth-order valence-electron chi connectivity index (χ4n) is 1.61. The van der Waals surface area contributed by atoms with E-state index in [9.17, 15) is 4.79 Å². The van der Waals surface area contributed by atoms with Gasteiger partial charge in [0.25, 0.3) is 0 Å². The van der Waals surface area contributed by atoms with E-state index in [-0.39, 0.29) is 5.91 Å². The van der Waals surface area contributed by atoms with E-state index in [0.717, 1.165) is 33.5 Å². The number of unbranched alkanes of at least 4 members (excludes halogenated alkanes) is 1. The first-order valence-corrected chi connectivity index (χ1v) is 8.86. The summed E-state index contributed by atoms with van der Waals surface area (Å²) in [4.78, 5) is 11.6. The van der Waals surface area contributed by atoms with Gasteiger partial charge in [-0.25, -0.2) is 0 Å². The quantitative estimate of drug-likeness (QED) is 0.590. The second-order valence-electron chi connectivity index (χ2n) is 4.44. The third-order valence-electron chi connectivity index (χ3n) is 2.66. The molecule has 0 saturated carbocycles. The monoisotopic (exact) mass is 341 g/mol. The summed E-state index contributed by atoms with van der Waals surface area (Å²) in [5.41, 5.74) is 1.14. The van der Waals surface area contributed by atoms with Crippen LogP contribution in [0.15, 0.2) is 28.6 Å². The number of halogens is 1. The third kappa shape index (κ3) is 5.65. The largest absolute Gasteiger partial charge is 0.301 e. The lowest BCUT2D eigenvalue weighted by Crippen LogP contribution is -2.10. The summed E-state index contributed by atoms with van der Waals surface area (Å²) in [7, 11) is 0. The average Bonchev–Trinajstić information content (AvgIpc) is 2.90. The molecule has 0 aliphatic carbocycles. The minimum Gasteiger partial charge on any atom is -0.301 e. The second-order valence-corrected chi connectivity index (χ2v) is 7.08. The highest BCUT2D eigenvalue weighted by Crippen LogP contribution is 2.28. The molecule has 1 amide bonds. The standard InChI is InChI=1S/C14H16ClN3OS2/c1-2-3-7-12(19)16-13-17-18-14(21-13)20-9-10-5-4-6-11(15)8-10/h4-6,8H,2-3,7,9H2,1H3,(H,16,17,19). The van der Waals surface area contributed by atoms with Crippen LogP contribution in [0.4, 0.5) is 5.13 Å². The summed E-state index contributed by atoms with van der Waals surface area (Å²) in [6.45, 7) is 2.06. The summed E-state index contributed by atoms with van der Waals surface area (Å²) in [6, 6.07) is 7.73. The molecule has 1 N–H and O–H groups in total. The fraction of sp³-hybridized carbons (Fsp3) is 0.357. The van der Waals surface area contributed by atoms with Crippen LogP contribution in [-0.2, 0) is 10.5 Å². The van der Waals surface area contributed by atoms with Crippen molar-refractivity contribution in [3.63, 3.8) is 0 Å². The van der Waals surface area contributed by atoms with Gasteiger partial charge >= 0.3 is 0 Å². The van der Waals surface area contributed by atoms with E-state index in [1.165, 1.54) is 11.3 Å². The second kappa shape index (κ2) is 8.36. The zero-order valence-electron chi connectivity index (χ0n) is 11.6. The smallest absolute Gasteiger partial charge is 0.226 e. The van der Waals surface area contributed by atoms with Gasteiger partial charge in [-0.1, -0.05) is 60.2 Å². The highest BCUT2D eigenvalue weighted by molar-refractivity contribution is 8.00. The summed E-state index contributed by atoms with van der Waals surface area (Å²) in [6.07, 6.45) is 2.42. The van der Waals surface area contributed by atoms with Gasteiger partial charge in [0.2, 0.25) is 11.0 Å². The van der Waals surface area contributed by atoms with Crippen LogP contribution in [0.5, 0.6) is 0 Å². The molecule has 0 aliphatic rings. The molecule has 0 unspecified atom stereocenters. The number of anilines is 1. The molecule has 1 aromatic heterocycles. The Kier molecular flexibility index (Phi) is 6.48. The molecule has 21 heavy (non-hydrogen) atoms. The first-order valence-electron chi connectivity index (χ1n) is 6.68. The van der Waals surface area contributed by atoms with E-state index in [1.54, 1.807) is 11.8 Å². The maximum atomic E-state index is 11.6. The normalized spacial score (nSPS) is 10.6. The number of rotatable bonds is 7. The number of hydrogen-bond donors (Lipinski definition) is 1. The molecule has 0 bridgehead atoms. The Hall–Kier alpha value is -1.11. The van der Waals surface area contributed by atoms with E-state index in [0.29, 0.717) is 11.6 Å². The van der Waals surface area contributed by atoms with Crippen molar-refractivity contribution in [3.8, 4) is 0 Å². The van der Waals surface area contributed by atoms with Crippen molar-refractivity contribution < 1.29 is 4.79 Å². The molecule has 4 nitrogen and oxygen atoms in total. The number of aromatic nitrogens is 2. The van der Waals surface area contributed by atoms with Gasteiger partial charge in [-0.3, -0.25) is 4.79 Å². The lowest BCUT2D eigenvalue weighted by atomic mass is 10.2. The lowest BCUT2D eigenvalue weighted by molar-refractivity contribution is -0.116. The van der Waals surface area contributed by atoms with Crippen molar-refractivity contribution in [1.29, 1.82) is 0 Å². The topological polar surface area (TPSA) is 54.9 Å². The molecule has 2 aromatic rings. The first kappa shape index (κ1) is 16.3. The highest BCUT2D eigenvalue weighted by atomic mass is 35.5. The number of nitrogens with one attached hydrogen (secondary N) is 1. The molecule has 0 aliphatic heterocycles. The van der Waals surface area contributed by atoms with Crippen LogP contribution in [-0.4, -0.2) is 16.1 Å². The van der Waals surface area contributed by atoms with Gasteiger partial charge in [0.15, 0.2) is 4.34 Å². The summed E-state index contributed by atoms with van der Waals surface area (Å²) in [5.74, 6) is 0.776. The highest BCUT2D eigenvalue weighted by Gasteiger charge is 2.08. The van der Waals surface area contributed by atoms with Crippen LogP contribution < -0.4 is 5.32 Å². The average molecular weight is 342 g/mol. The summed E-state index contributed by atoms with van der Waals surface area (Å²) < 4.78 is 0.834. The molecule has 1 aromatic carbocycles. The number of hydrogen-bond acceptors (Lipinski definition) is 5. The lowest BCUT2D eigenvalue weighted by Gasteiger charge is -1.99. The molecule has 0 radical (unpaired) electrons. The molecule has 0 saturated heterocycles.